The molecule has 1 aliphatic carbocycles. The molecule has 3 saturated heterocycles. The summed E-state index contributed by atoms with van der Waals surface area (Å²) in [6.07, 6.45) is 18.5. The number of nitriles is 2. The molecule has 11 heterocycles. The molecule has 0 unspecified atom stereocenters. The number of halogens is 2. The van der Waals surface area contributed by atoms with Crippen LogP contribution in [0.4, 0.5) is 42.6 Å². The average molecular weight is 1440 g/mol. The van der Waals surface area contributed by atoms with E-state index in [1.807, 2.05) is 94.1 Å². The Kier molecular flexibility index (Phi) is 26.0. The third-order valence-corrected chi connectivity index (χ3v) is 20.4. The third kappa shape index (κ3) is 18.1. The molecule has 29 heteroatoms. The Morgan fingerprint density at radius 1 is 0.660 bits per heavy atom. The zero-order valence-electron chi connectivity index (χ0n) is 58.3. The molecular weight excluding hydrogens is 1360 g/mol. The average Bonchev–Trinajstić information content (AvgIpc) is 1.61. The minimum atomic E-state index is -0.772. The van der Waals surface area contributed by atoms with Gasteiger partial charge in [0, 0.05) is 131 Å². The lowest BCUT2D eigenvalue weighted by atomic mass is 9.89. The fourth-order valence-corrected chi connectivity index (χ4v) is 14.5. The topological polar surface area (TPSA) is 343 Å². The number of Topliss-reactive ketones (excluding diaryl/α,β-unsaturated/α-hetero) is 1. The van der Waals surface area contributed by atoms with Gasteiger partial charge < -0.3 is 51.1 Å². The van der Waals surface area contributed by atoms with Gasteiger partial charge in [0.2, 0.25) is 11.9 Å². The number of fused-ring (bicyclic) bond motifs is 2. The maximum absolute atomic E-state index is 13.6. The Hall–Kier alpha value is -10.3. The number of carboxylic acid groups (broad SMARTS) is 2. The SMILES string of the molecule is C.CCc1nc2ccc(-c3cnc(N4CCC(CC(=O)[C@H]5C[C@@H](O)CN5)CC4)nc3)cn2c1N(C)c1nc(-c2ccc(F)cc2)c(C#N)s1.CCc1nc2ccc(-c3cnc(N4CCC(N)CC4)nc3)cn2c1N(C)c1nc(-c2ccc(F)cc2)c(C#N)s1.O=C(O)[C@@H]1CC[C@H](O)C1.O=CO.[2H]CC. The second-order valence-electron chi connectivity index (χ2n) is 24.9. The number of carboxylic acids is 1. The number of thiazole rings is 2. The van der Waals surface area contributed by atoms with E-state index in [1.165, 1.54) is 46.9 Å². The van der Waals surface area contributed by atoms with Gasteiger partial charge in [0.05, 0.1) is 35.6 Å². The standard InChI is InChI=1S/C35H36FN9O2S.C29H28FN9S.C6H10O3.C2H6.CH2O2.CH4/c1-3-27-33(43(2)35-42-32(30(16-37)48-35)22-4-7-25(36)8-5-22)45-20-23(6-9-31(45)41-27)24-17-39-34(40-18-24)44-12-10-21(11-13-44)14-29(47)28-15-26(46)19-38-28;1-3-23-27(37(2)29-36-26(24(14-31)40-29)18-4-7-21(30)8-5-18)39-17-19(6-9-25(39)35-23)20-15-33-28(34-16-20)38-12-10-22(32)11-13-38;7-5-2-1-4(3-5)6(8)9;1-2;2-1-3;/h4-9,17-18,20-21,26,28,38,46H,3,10-15,19H2,1-2H3;4-9,15-17,22H,3,10-13,32H2,1-2H3;4-5,7H,1-3H2,(H,8,9);1-2H3;1H,(H,2,3);1H4/t26-,28-;;4-,5+;;;/m1.1.../s1/i;;;1D;;. The summed E-state index contributed by atoms with van der Waals surface area (Å²) >= 11 is 2.58. The van der Waals surface area contributed by atoms with E-state index in [-0.39, 0.29) is 55.4 Å². The molecule has 4 aliphatic rings. The molecule has 540 valence electrons. The predicted octanol–water partition coefficient (Wildman–Crippen LogP) is 11.9. The molecular formula is C74H86F2N18O7S2. The van der Waals surface area contributed by atoms with Gasteiger partial charge in [0.15, 0.2) is 10.3 Å². The lowest BCUT2D eigenvalue weighted by molar-refractivity contribution is -0.141. The number of benzene rings is 2. The molecule has 0 radical (unpaired) electrons. The van der Waals surface area contributed by atoms with E-state index in [0.717, 1.165) is 121 Å². The minimum Gasteiger partial charge on any atom is -0.483 e. The first-order valence-corrected chi connectivity index (χ1v) is 35.4. The molecule has 0 spiro atoms. The molecule has 2 aromatic carbocycles. The summed E-state index contributed by atoms with van der Waals surface area (Å²) in [5.41, 5.74) is 15.5. The molecule has 4 atom stereocenters. The number of pyridine rings is 2. The number of aryl methyl sites for hydroxylation is 2. The van der Waals surface area contributed by atoms with E-state index < -0.39 is 12.1 Å². The van der Waals surface area contributed by atoms with Gasteiger partial charge in [-0.25, -0.2) is 48.7 Å². The number of nitrogens with two attached hydrogens (primary N) is 1. The molecule has 4 fully saturated rings. The number of aliphatic hydroxyl groups excluding tert-OH is 2. The fourth-order valence-electron chi connectivity index (χ4n) is 12.8. The number of carbonyl (C=O) groups is 3. The Morgan fingerprint density at radius 3 is 1.44 bits per heavy atom. The van der Waals surface area contributed by atoms with Crippen LogP contribution in [-0.4, -0.2) is 158 Å². The first-order valence-electron chi connectivity index (χ1n) is 34.4. The van der Waals surface area contributed by atoms with Crippen LogP contribution in [0.3, 0.4) is 0 Å². The highest BCUT2D eigenvalue weighted by atomic mass is 32.1. The normalized spacial score (nSPS) is 17.3. The second kappa shape index (κ2) is 35.6. The van der Waals surface area contributed by atoms with Crippen LogP contribution in [0.15, 0.2) is 110 Å². The number of piperidine rings is 2. The van der Waals surface area contributed by atoms with Gasteiger partial charge in [-0.3, -0.25) is 23.2 Å². The number of aliphatic hydroxyl groups is 2. The Labute approximate surface area is 606 Å². The predicted molar refractivity (Wildman–Crippen MR) is 396 cm³/mol. The van der Waals surface area contributed by atoms with Crippen molar-refractivity contribution in [1.29, 1.82) is 10.5 Å². The Bertz CT molecular complexity index is 4610. The van der Waals surface area contributed by atoms with Gasteiger partial charge in [-0.05, 0) is 143 Å². The van der Waals surface area contributed by atoms with E-state index in [4.69, 9.17) is 57.1 Å². The first-order chi connectivity index (χ1) is 49.8. The Balaban J connectivity index is 0.000000202. The molecule has 1 saturated carbocycles. The maximum atomic E-state index is 13.6. The number of ketones is 1. The second-order valence-corrected chi connectivity index (χ2v) is 26.8. The van der Waals surface area contributed by atoms with Crippen LogP contribution in [0, 0.1) is 46.1 Å². The number of anilines is 6. The van der Waals surface area contributed by atoms with Crippen molar-refractivity contribution in [1.82, 2.24) is 54.0 Å². The van der Waals surface area contributed by atoms with Crippen LogP contribution in [-0.2, 0) is 27.2 Å². The van der Waals surface area contributed by atoms with Crippen LogP contribution in [0.5, 0.6) is 0 Å². The highest BCUT2D eigenvalue weighted by molar-refractivity contribution is 7.17. The lowest BCUT2D eigenvalue weighted by Gasteiger charge is -2.32. The number of imidazole rings is 2. The van der Waals surface area contributed by atoms with Crippen molar-refractivity contribution in [3.63, 3.8) is 0 Å². The largest absolute Gasteiger partial charge is 0.483 e. The van der Waals surface area contributed by atoms with Crippen molar-refractivity contribution in [2.75, 3.05) is 66.4 Å². The number of rotatable bonds is 16. The highest BCUT2D eigenvalue weighted by Crippen LogP contribution is 2.40. The van der Waals surface area contributed by atoms with E-state index >= 15 is 0 Å². The van der Waals surface area contributed by atoms with Crippen LogP contribution >= 0.6 is 22.7 Å². The van der Waals surface area contributed by atoms with Gasteiger partial charge >= 0.3 is 5.97 Å². The van der Waals surface area contributed by atoms with Crippen molar-refractivity contribution in [3.8, 4) is 56.9 Å². The molecule has 0 amide bonds. The molecule has 3 aliphatic heterocycles. The number of hydrogen-bond acceptors (Lipinski definition) is 23. The van der Waals surface area contributed by atoms with Crippen LogP contribution in [0.2, 0.25) is 0 Å². The molecule has 25 nitrogen and oxygen atoms in total. The van der Waals surface area contributed by atoms with E-state index in [2.05, 4.69) is 51.1 Å². The van der Waals surface area contributed by atoms with Crippen LogP contribution < -0.4 is 30.7 Å². The summed E-state index contributed by atoms with van der Waals surface area (Å²) in [7, 11) is 3.84. The molecule has 8 aromatic heterocycles. The number of β-amino-alcohol motifs (C(OH)–C–C–N with tert-alkyl or cyclic N) is 1. The van der Waals surface area contributed by atoms with Crippen molar-refractivity contribution < 1.29 is 45.0 Å². The molecule has 0 bridgehead atoms. The molecule has 14 rings (SSSR count). The minimum absolute atomic E-state index is 0. The van der Waals surface area contributed by atoms with Crippen molar-refractivity contribution in [3.05, 3.63) is 143 Å². The van der Waals surface area contributed by atoms with E-state index in [0.29, 0.717) is 106 Å². The number of nitrogens with zero attached hydrogens (tertiary/aromatic N) is 16. The van der Waals surface area contributed by atoms with Crippen LogP contribution in [0.25, 0.3) is 56.1 Å². The summed E-state index contributed by atoms with van der Waals surface area (Å²) < 4.78 is 37.3. The monoisotopic (exact) mass is 1440 g/mol. The zero-order chi connectivity index (χ0) is 73.4. The number of aromatic nitrogens is 10. The van der Waals surface area contributed by atoms with Crippen LogP contribution in [0.1, 0.15) is 115 Å². The summed E-state index contributed by atoms with van der Waals surface area (Å²) in [5.74, 6) is 1.91. The lowest BCUT2D eigenvalue weighted by Crippen LogP contribution is -2.40. The number of carbonyl (C=O) groups excluding carboxylic acids is 1. The summed E-state index contributed by atoms with van der Waals surface area (Å²) in [6, 6.07) is 24.5. The van der Waals surface area contributed by atoms with E-state index in [1.54, 1.807) is 31.2 Å². The quantitative estimate of drug-likeness (QED) is 0.0489. The number of hydrogen-bond donors (Lipinski definition) is 6. The van der Waals surface area contributed by atoms with Gasteiger partial charge in [0.1, 0.15) is 73.6 Å². The van der Waals surface area contributed by atoms with Gasteiger partial charge in [-0.1, -0.05) is 57.8 Å². The van der Waals surface area contributed by atoms with Crippen molar-refractivity contribution in [2.24, 2.45) is 17.6 Å². The Morgan fingerprint density at radius 2 is 1.08 bits per heavy atom. The summed E-state index contributed by atoms with van der Waals surface area (Å²) in [6.45, 7) is 9.97. The van der Waals surface area contributed by atoms with Gasteiger partial charge in [-0.15, -0.1) is 0 Å². The fraction of sp³-hybridized carbons (Fsp3) is 0.392. The van der Waals surface area contributed by atoms with Crippen molar-refractivity contribution >= 4 is 86.0 Å². The molecule has 103 heavy (non-hydrogen) atoms. The summed E-state index contributed by atoms with van der Waals surface area (Å²) in [4.78, 5) is 78.5. The van der Waals surface area contributed by atoms with Gasteiger partial charge in [0.25, 0.3) is 6.47 Å². The maximum Gasteiger partial charge on any atom is 0.306 e. The summed E-state index contributed by atoms with van der Waals surface area (Å²) in [5, 5.41) is 58.0. The van der Waals surface area contributed by atoms with E-state index in [9.17, 15) is 34.0 Å². The zero-order valence-corrected chi connectivity index (χ0v) is 58.9. The van der Waals surface area contributed by atoms with Crippen molar-refractivity contribution in [2.45, 2.75) is 130 Å². The number of nitrogens with one attached hydrogen (secondary N) is 1. The smallest absolute Gasteiger partial charge is 0.306 e. The third-order valence-electron chi connectivity index (χ3n) is 18.3. The number of aliphatic carboxylic acids is 1. The first kappa shape index (κ1) is 75.4. The van der Waals surface area contributed by atoms with Gasteiger partial charge in [-0.2, -0.15) is 10.5 Å². The molecule has 10 aromatic rings. The highest BCUT2D eigenvalue weighted by Gasteiger charge is 2.32. The molecule has 7 N–H and O–H groups in total.